The number of fused-ring (bicyclic) bond motifs is 1. The van der Waals surface area contributed by atoms with Crippen LogP contribution in [-0.4, -0.2) is 24.3 Å². The van der Waals surface area contributed by atoms with Crippen LogP contribution < -0.4 is 4.74 Å². The summed E-state index contributed by atoms with van der Waals surface area (Å²) in [6, 6.07) is 18.3. The molecule has 0 aliphatic heterocycles. The average molecular weight is 322 g/mol. The van der Waals surface area contributed by atoms with Crippen molar-refractivity contribution in [2.24, 2.45) is 0 Å². The monoisotopic (exact) mass is 322 g/mol. The summed E-state index contributed by atoms with van der Waals surface area (Å²) in [5.41, 5.74) is 1.26. The van der Waals surface area contributed by atoms with Gasteiger partial charge in [0.1, 0.15) is 30.3 Å². The normalized spacial score (nSPS) is 10.5. The van der Waals surface area contributed by atoms with E-state index in [0.29, 0.717) is 5.39 Å². The summed E-state index contributed by atoms with van der Waals surface area (Å²) < 4.78 is 10.7. The predicted octanol–water partition coefficient (Wildman–Crippen LogP) is 4.09. The molecule has 0 radical (unpaired) electrons. The molecule has 0 atom stereocenters. The van der Waals surface area contributed by atoms with Gasteiger partial charge >= 0.3 is 5.97 Å². The maximum Gasteiger partial charge on any atom is 0.342 e. The summed E-state index contributed by atoms with van der Waals surface area (Å²) in [4.78, 5) is 12.1. The average Bonchev–Trinajstić information content (AvgIpc) is 2.59. The van der Waals surface area contributed by atoms with Crippen LogP contribution in [0.5, 0.6) is 11.5 Å². The summed E-state index contributed by atoms with van der Waals surface area (Å²) >= 11 is 0. The van der Waals surface area contributed by atoms with Crippen molar-refractivity contribution in [3.63, 3.8) is 0 Å². The maximum absolute atomic E-state index is 12.1. The van der Waals surface area contributed by atoms with Gasteiger partial charge in [0.05, 0.1) is 0 Å². The van der Waals surface area contributed by atoms with Crippen molar-refractivity contribution in [2.45, 2.75) is 6.92 Å². The van der Waals surface area contributed by atoms with E-state index < -0.39 is 5.97 Å². The topological polar surface area (TPSA) is 55.8 Å². The van der Waals surface area contributed by atoms with Crippen molar-refractivity contribution in [3.05, 3.63) is 71.8 Å². The lowest BCUT2D eigenvalue weighted by atomic mass is 10.1. The summed E-state index contributed by atoms with van der Waals surface area (Å²) in [6.07, 6.45) is 0. The Morgan fingerprint density at radius 2 is 1.83 bits per heavy atom. The van der Waals surface area contributed by atoms with Crippen molar-refractivity contribution in [2.75, 3.05) is 13.2 Å². The van der Waals surface area contributed by atoms with E-state index in [1.807, 2.05) is 49.4 Å². The molecule has 4 heteroatoms. The minimum Gasteiger partial charge on any atom is -0.506 e. The van der Waals surface area contributed by atoms with E-state index in [9.17, 15) is 9.90 Å². The Morgan fingerprint density at radius 3 is 2.67 bits per heavy atom. The van der Waals surface area contributed by atoms with Gasteiger partial charge in [0.15, 0.2) is 0 Å². The SMILES string of the molecule is Cc1cccc(OCCOC(=O)c2ccc3ccccc3c2O)c1. The number of aryl methyl sites for hydroxylation is 1. The van der Waals surface area contributed by atoms with E-state index in [-0.39, 0.29) is 24.5 Å². The van der Waals surface area contributed by atoms with Gasteiger partial charge in [0.2, 0.25) is 0 Å². The lowest BCUT2D eigenvalue weighted by molar-refractivity contribution is 0.0447. The predicted molar refractivity (Wildman–Crippen MR) is 92.6 cm³/mol. The Balaban J connectivity index is 1.60. The highest BCUT2D eigenvalue weighted by molar-refractivity contribution is 6.01. The van der Waals surface area contributed by atoms with Crippen LogP contribution in [0.1, 0.15) is 15.9 Å². The van der Waals surface area contributed by atoms with E-state index in [0.717, 1.165) is 16.7 Å². The van der Waals surface area contributed by atoms with E-state index in [2.05, 4.69) is 0 Å². The van der Waals surface area contributed by atoms with Crippen molar-refractivity contribution in [3.8, 4) is 11.5 Å². The number of carbonyl (C=O) groups is 1. The van der Waals surface area contributed by atoms with Crippen LogP contribution in [0.3, 0.4) is 0 Å². The summed E-state index contributed by atoms with van der Waals surface area (Å²) in [6.45, 7) is 2.35. The van der Waals surface area contributed by atoms with Crippen molar-refractivity contribution >= 4 is 16.7 Å². The summed E-state index contributed by atoms with van der Waals surface area (Å²) in [5, 5.41) is 11.8. The molecule has 0 heterocycles. The zero-order valence-corrected chi connectivity index (χ0v) is 13.4. The molecule has 0 fully saturated rings. The molecule has 3 aromatic rings. The lowest BCUT2D eigenvalue weighted by Crippen LogP contribution is -2.12. The van der Waals surface area contributed by atoms with Crippen molar-refractivity contribution < 1.29 is 19.4 Å². The number of phenolic OH excluding ortho intramolecular Hbond substituents is 1. The van der Waals surface area contributed by atoms with Crippen LogP contribution in [-0.2, 0) is 4.74 Å². The Bertz CT molecular complexity index is 870. The van der Waals surface area contributed by atoms with Crippen LogP contribution >= 0.6 is 0 Å². The highest BCUT2D eigenvalue weighted by atomic mass is 16.6. The molecule has 3 aromatic carbocycles. The van der Waals surface area contributed by atoms with Crippen LogP contribution in [0.25, 0.3) is 10.8 Å². The molecule has 0 unspecified atom stereocenters. The van der Waals surface area contributed by atoms with E-state index >= 15 is 0 Å². The van der Waals surface area contributed by atoms with Gasteiger partial charge in [-0.05, 0) is 36.1 Å². The zero-order valence-electron chi connectivity index (χ0n) is 13.4. The fraction of sp³-hybridized carbons (Fsp3) is 0.150. The van der Waals surface area contributed by atoms with Crippen LogP contribution in [0.4, 0.5) is 0 Å². The fourth-order valence-corrected chi connectivity index (χ4v) is 2.50. The van der Waals surface area contributed by atoms with Crippen LogP contribution in [0, 0.1) is 6.92 Å². The molecular weight excluding hydrogens is 304 g/mol. The number of carbonyl (C=O) groups excluding carboxylic acids is 1. The Labute approximate surface area is 140 Å². The lowest BCUT2D eigenvalue weighted by Gasteiger charge is -2.10. The van der Waals surface area contributed by atoms with E-state index in [4.69, 9.17) is 9.47 Å². The molecule has 3 rings (SSSR count). The Kier molecular flexibility index (Phi) is 4.66. The highest BCUT2D eigenvalue weighted by Gasteiger charge is 2.14. The molecule has 24 heavy (non-hydrogen) atoms. The smallest absolute Gasteiger partial charge is 0.342 e. The summed E-state index contributed by atoms with van der Waals surface area (Å²) in [7, 11) is 0. The number of benzene rings is 3. The van der Waals surface area contributed by atoms with Gasteiger partial charge in [-0.25, -0.2) is 4.79 Å². The largest absolute Gasteiger partial charge is 0.506 e. The molecule has 0 aliphatic carbocycles. The fourth-order valence-electron chi connectivity index (χ4n) is 2.50. The Morgan fingerprint density at radius 1 is 1.00 bits per heavy atom. The first kappa shape index (κ1) is 15.9. The molecule has 0 saturated heterocycles. The van der Waals surface area contributed by atoms with Gasteiger partial charge in [-0.3, -0.25) is 0 Å². The first-order valence-electron chi connectivity index (χ1n) is 7.72. The quantitative estimate of drug-likeness (QED) is 0.568. The van der Waals surface area contributed by atoms with Gasteiger partial charge in [0, 0.05) is 5.39 Å². The molecule has 4 nitrogen and oxygen atoms in total. The van der Waals surface area contributed by atoms with Gasteiger partial charge in [-0.15, -0.1) is 0 Å². The third kappa shape index (κ3) is 3.49. The molecule has 0 bridgehead atoms. The summed E-state index contributed by atoms with van der Waals surface area (Å²) in [5.74, 6) is 0.114. The molecule has 0 aromatic heterocycles. The highest BCUT2D eigenvalue weighted by Crippen LogP contribution is 2.28. The standard InChI is InChI=1S/C20H18O4/c1-14-5-4-7-16(13-14)23-11-12-24-20(22)18-10-9-15-6-2-3-8-17(15)19(18)21/h2-10,13,21H,11-12H2,1H3. The van der Waals surface area contributed by atoms with Gasteiger partial charge in [-0.1, -0.05) is 42.5 Å². The number of esters is 1. The maximum atomic E-state index is 12.1. The van der Waals surface area contributed by atoms with E-state index in [1.54, 1.807) is 18.2 Å². The number of hydrogen-bond donors (Lipinski definition) is 1. The van der Waals surface area contributed by atoms with Crippen molar-refractivity contribution in [1.82, 2.24) is 0 Å². The van der Waals surface area contributed by atoms with Crippen LogP contribution in [0.15, 0.2) is 60.7 Å². The van der Waals surface area contributed by atoms with Gasteiger partial charge in [0.25, 0.3) is 0 Å². The first-order valence-corrected chi connectivity index (χ1v) is 7.72. The minimum absolute atomic E-state index is 0.0577. The second-order valence-electron chi connectivity index (χ2n) is 5.48. The number of rotatable bonds is 5. The van der Waals surface area contributed by atoms with Gasteiger partial charge in [-0.2, -0.15) is 0 Å². The molecule has 0 spiro atoms. The third-order valence-electron chi connectivity index (χ3n) is 3.70. The molecular formula is C20H18O4. The van der Waals surface area contributed by atoms with Gasteiger partial charge < -0.3 is 14.6 Å². The van der Waals surface area contributed by atoms with E-state index in [1.165, 1.54) is 0 Å². The second kappa shape index (κ2) is 7.04. The first-order chi connectivity index (χ1) is 11.6. The molecule has 0 saturated carbocycles. The number of phenols is 1. The zero-order chi connectivity index (χ0) is 16.9. The van der Waals surface area contributed by atoms with Crippen LogP contribution in [0.2, 0.25) is 0 Å². The Hall–Kier alpha value is -3.01. The number of aromatic hydroxyl groups is 1. The number of ether oxygens (including phenoxy) is 2. The molecule has 122 valence electrons. The molecule has 0 amide bonds. The second-order valence-corrected chi connectivity index (χ2v) is 5.48. The molecule has 1 N–H and O–H groups in total. The third-order valence-corrected chi connectivity index (χ3v) is 3.70. The molecule has 0 aliphatic rings. The van der Waals surface area contributed by atoms with Crippen molar-refractivity contribution in [1.29, 1.82) is 0 Å². The number of hydrogen-bond acceptors (Lipinski definition) is 4. The minimum atomic E-state index is -0.564.